The number of carbonyl (C=O) groups excluding carboxylic acids is 3. The van der Waals surface area contributed by atoms with Gasteiger partial charge < -0.3 is 20.1 Å². The predicted molar refractivity (Wildman–Crippen MR) is 106 cm³/mol. The molecule has 0 aromatic rings. The van der Waals surface area contributed by atoms with E-state index in [0.29, 0.717) is 24.8 Å². The van der Waals surface area contributed by atoms with E-state index in [1.807, 2.05) is 0 Å². The molecule has 0 spiro atoms. The number of rotatable bonds is 3. The average Bonchev–Trinajstić information content (AvgIpc) is 2.95. The summed E-state index contributed by atoms with van der Waals surface area (Å²) in [5.41, 5.74) is -5.97. The van der Waals surface area contributed by atoms with Gasteiger partial charge in [-0.3, -0.25) is 14.4 Å². The molecule has 7 nitrogen and oxygen atoms in total. The quantitative estimate of drug-likeness (QED) is 0.570. The van der Waals surface area contributed by atoms with Crippen molar-refractivity contribution in [3.05, 3.63) is 11.6 Å². The van der Waals surface area contributed by atoms with E-state index >= 15 is 4.39 Å². The van der Waals surface area contributed by atoms with Crippen LogP contribution in [0, 0.1) is 22.7 Å². The highest BCUT2D eigenvalue weighted by molar-refractivity contribution is 5.93. The van der Waals surface area contributed by atoms with Gasteiger partial charge in [0.05, 0.1) is 11.5 Å². The Balaban J connectivity index is 1.83. The molecule has 4 rings (SSSR count). The van der Waals surface area contributed by atoms with Gasteiger partial charge in [0, 0.05) is 24.7 Å². The minimum absolute atomic E-state index is 0.0954. The molecular formula is C23H31FO7. The van der Waals surface area contributed by atoms with Crippen molar-refractivity contribution < 1.29 is 38.8 Å². The molecule has 8 heteroatoms. The van der Waals surface area contributed by atoms with Crippen molar-refractivity contribution >= 4 is 17.5 Å². The molecule has 0 amide bonds. The van der Waals surface area contributed by atoms with Crippen molar-refractivity contribution in [3.8, 4) is 0 Å². The predicted octanol–water partition coefficient (Wildman–Crippen LogP) is 1.42. The molecule has 0 aromatic carbocycles. The number of hydrogen-bond donors (Lipinski definition) is 3. The fourth-order valence-corrected chi connectivity index (χ4v) is 7.55. The van der Waals surface area contributed by atoms with Gasteiger partial charge in [0.15, 0.2) is 17.2 Å². The van der Waals surface area contributed by atoms with Crippen LogP contribution in [-0.2, 0) is 19.1 Å². The van der Waals surface area contributed by atoms with Crippen molar-refractivity contribution in [1.82, 2.24) is 0 Å². The second-order valence-electron chi connectivity index (χ2n) is 10.3. The maximum Gasteiger partial charge on any atom is 0.302 e. The molecule has 4 aliphatic carbocycles. The maximum atomic E-state index is 17.3. The number of aliphatic hydroxyl groups is 3. The van der Waals surface area contributed by atoms with Crippen molar-refractivity contribution in [2.45, 2.75) is 82.8 Å². The Bertz CT molecular complexity index is 870. The normalized spacial score (nSPS) is 48.9. The SMILES string of the molecule is CC(=O)OC1CC(=O)C=C2CC[C@H]3[C@@H]4CC[C@](O)(C(=O)CO)[C@@]4(C)C[C@H](O)[C@]3(F)[C@@]21C. The molecular weight excluding hydrogens is 407 g/mol. The zero-order valence-corrected chi connectivity index (χ0v) is 18.2. The number of ether oxygens (including phenoxy) is 1. The van der Waals surface area contributed by atoms with Gasteiger partial charge in [-0.25, -0.2) is 4.39 Å². The smallest absolute Gasteiger partial charge is 0.302 e. The van der Waals surface area contributed by atoms with E-state index in [2.05, 4.69) is 0 Å². The van der Waals surface area contributed by atoms with E-state index in [1.54, 1.807) is 13.8 Å². The standard InChI is InChI=1S/C23H31FO7/c1-12(26)31-19-9-14(27)8-13-4-5-16-15-6-7-22(30,18(29)11-25)20(15,2)10-17(28)23(16,24)21(13,19)3/h8,15-17,19,25,28,30H,4-7,9-11H2,1-3H3/t15-,16-,17-,19?,20-,21-,22-,23-/m0/s1. The molecule has 8 atom stereocenters. The third-order valence-corrected chi connectivity index (χ3v) is 9.17. The van der Waals surface area contributed by atoms with Crippen molar-refractivity contribution in [1.29, 1.82) is 0 Å². The molecule has 0 aliphatic heterocycles. The Hall–Kier alpha value is -1.64. The first kappa shape index (κ1) is 22.6. The van der Waals surface area contributed by atoms with Gasteiger partial charge in [0.2, 0.25) is 0 Å². The number of ketones is 2. The number of hydrogen-bond acceptors (Lipinski definition) is 7. The molecule has 0 radical (unpaired) electrons. The van der Waals surface area contributed by atoms with Crippen LogP contribution in [0.2, 0.25) is 0 Å². The average molecular weight is 438 g/mol. The lowest BCUT2D eigenvalue weighted by Gasteiger charge is -2.64. The first-order valence-electron chi connectivity index (χ1n) is 11.0. The van der Waals surface area contributed by atoms with E-state index in [1.165, 1.54) is 13.0 Å². The van der Waals surface area contributed by atoms with E-state index in [-0.39, 0.29) is 25.0 Å². The Kier molecular flexibility index (Phi) is 5.04. The molecule has 3 saturated carbocycles. The highest BCUT2D eigenvalue weighted by Crippen LogP contribution is 2.70. The summed E-state index contributed by atoms with van der Waals surface area (Å²) >= 11 is 0. The largest absolute Gasteiger partial charge is 0.461 e. The summed E-state index contributed by atoms with van der Waals surface area (Å²) in [5, 5.41) is 31.9. The van der Waals surface area contributed by atoms with E-state index < -0.39 is 64.5 Å². The zero-order chi connectivity index (χ0) is 23.0. The summed E-state index contributed by atoms with van der Waals surface area (Å²) in [4.78, 5) is 36.5. The van der Waals surface area contributed by atoms with Crippen LogP contribution in [0.15, 0.2) is 11.6 Å². The maximum absolute atomic E-state index is 17.3. The topological polar surface area (TPSA) is 121 Å². The third kappa shape index (κ3) is 2.64. The van der Waals surface area contributed by atoms with Gasteiger partial charge in [0.1, 0.15) is 18.3 Å². The number of alkyl halides is 1. The van der Waals surface area contributed by atoms with Gasteiger partial charge in [-0.1, -0.05) is 12.5 Å². The number of aliphatic hydroxyl groups excluding tert-OH is 2. The first-order chi connectivity index (χ1) is 14.4. The summed E-state index contributed by atoms with van der Waals surface area (Å²) in [6, 6.07) is 0. The lowest BCUT2D eigenvalue weighted by atomic mass is 9.43. The second-order valence-corrected chi connectivity index (χ2v) is 10.3. The van der Waals surface area contributed by atoms with Crippen LogP contribution in [0.4, 0.5) is 4.39 Å². The second kappa shape index (κ2) is 6.93. The van der Waals surface area contributed by atoms with Gasteiger partial charge in [-0.2, -0.15) is 0 Å². The highest BCUT2D eigenvalue weighted by atomic mass is 19.1. The Morgan fingerprint density at radius 2 is 1.94 bits per heavy atom. The van der Waals surface area contributed by atoms with Gasteiger partial charge in [0.25, 0.3) is 0 Å². The number of esters is 1. The third-order valence-electron chi connectivity index (χ3n) is 9.17. The molecule has 4 aliphatic rings. The van der Waals surface area contributed by atoms with Crippen LogP contribution in [0.25, 0.3) is 0 Å². The summed E-state index contributed by atoms with van der Waals surface area (Å²) in [7, 11) is 0. The van der Waals surface area contributed by atoms with Crippen LogP contribution < -0.4 is 0 Å². The molecule has 31 heavy (non-hydrogen) atoms. The minimum atomic E-state index is -2.20. The zero-order valence-electron chi connectivity index (χ0n) is 18.2. The van der Waals surface area contributed by atoms with Crippen molar-refractivity contribution in [3.63, 3.8) is 0 Å². The van der Waals surface area contributed by atoms with Crippen LogP contribution in [-0.4, -0.2) is 62.9 Å². The van der Waals surface area contributed by atoms with Crippen LogP contribution in [0.5, 0.6) is 0 Å². The molecule has 0 bridgehead atoms. The fraction of sp³-hybridized carbons (Fsp3) is 0.783. The lowest BCUT2D eigenvalue weighted by molar-refractivity contribution is -0.244. The summed E-state index contributed by atoms with van der Waals surface area (Å²) < 4.78 is 22.7. The summed E-state index contributed by atoms with van der Waals surface area (Å²) in [6.45, 7) is 3.71. The molecule has 3 N–H and O–H groups in total. The lowest BCUT2D eigenvalue weighted by Crippen LogP contribution is -2.72. The molecule has 172 valence electrons. The van der Waals surface area contributed by atoms with E-state index in [4.69, 9.17) is 4.74 Å². The van der Waals surface area contributed by atoms with Crippen molar-refractivity contribution in [2.75, 3.05) is 6.61 Å². The number of Topliss-reactive ketones (excluding diaryl/α,β-unsaturated/α-hetero) is 1. The molecule has 1 unspecified atom stereocenters. The Morgan fingerprint density at radius 1 is 1.26 bits per heavy atom. The summed E-state index contributed by atoms with van der Waals surface area (Å²) in [5.74, 6) is -2.67. The number of carbonyl (C=O) groups is 3. The van der Waals surface area contributed by atoms with Crippen LogP contribution >= 0.6 is 0 Å². The molecule has 3 fully saturated rings. The van der Waals surface area contributed by atoms with Gasteiger partial charge in [-0.05, 0) is 51.0 Å². The van der Waals surface area contributed by atoms with E-state index in [9.17, 15) is 29.7 Å². The number of fused-ring (bicyclic) bond motifs is 5. The fourth-order valence-electron chi connectivity index (χ4n) is 7.55. The van der Waals surface area contributed by atoms with Gasteiger partial charge in [-0.15, -0.1) is 0 Å². The van der Waals surface area contributed by atoms with Crippen LogP contribution in [0.3, 0.4) is 0 Å². The first-order valence-corrected chi connectivity index (χ1v) is 11.0. The molecule has 0 heterocycles. The molecule has 0 saturated heterocycles. The van der Waals surface area contributed by atoms with Gasteiger partial charge >= 0.3 is 5.97 Å². The Labute approximate surface area is 180 Å². The van der Waals surface area contributed by atoms with Crippen molar-refractivity contribution in [2.24, 2.45) is 22.7 Å². The monoisotopic (exact) mass is 438 g/mol. The van der Waals surface area contributed by atoms with E-state index in [0.717, 1.165) is 0 Å². The van der Waals surface area contributed by atoms with Crippen LogP contribution in [0.1, 0.15) is 59.3 Å². The Morgan fingerprint density at radius 3 is 2.55 bits per heavy atom. The number of halogens is 1. The molecule has 0 aromatic heterocycles. The minimum Gasteiger partial charge on any atom is -0.461 e. The summed E-state index contributed by atoms with van der Waals surface area (Å²) in [6.07, 6.45) is -0.250. The highest BCUT2D eigenvalue weighted by Gasteiger charge is 2.76.